The van der Waals surface area contributed by atoms with Crippen molar-refractivity contribution in [2.45, 2.75) is 26.4 Å². The van der Waals surface area contributed by atoms with Crippen molar-refractivity contribution in [2.24, 2.45) is 5.92 Å². The first kappa shape index (κ1) is 13.3. The molecule has 98 valence electrons. The average Bonchev–Trinajstić information content (AvgIpc) is 2.75. The molecule has 1 aliphatic heterocycles. The molecule has 2 unspecified atom stereocenters. The van der Waals surface area contributed by atoms with Gasteiger partial charge >= 0.3 is 0 Å². The molecule has 0 saturated carbocycles. The maximum atomic E-state index is 12.0. The number of rotatable bonds is 2. The molecule has 2 heterocycles. The van der Waals surface area contributed by atoms with Crippen molar-refractivity contribution in [3.8, 4) is 0 Å². The lowest BCUT2D eigenvalue weighted by molar-refractivity contribution is -0.130. The SMILES string of the molecule is Cc1ccsc1/C=C/C(=O)N1CCC(C)C(O)C1. The summed E-state index contributed by atoms with van der Waals surface area (Å²) in [6.07, 6.45) is 3.96. The molecule has 0 aliphatic carbocycles. The van der Waals surface area contributed by atoms with Crippen LogP contribution in [0.15, 0.2) is 17.5 Å². The Kier molecular flexibility index (Phi) is 4.19. The van der Waals surface area contributed by atoms with Crippen molar-refractivity contribution in [1.29, 1.82) is 0 Å². The third-order valence-electron chi connectivity index (χ3n) is 3.51. The van der Waals surface area contributed by atoms with Gasteiger partial charge in [0.05, 0.1) is 6.10 Å². The van der Waals surface area contributed by atoms with Crippen LogP contribution >= 0.6 is 11.3 Å². The van der Waals surface area contributed by atoms with E-state index in [1.807, 2.05) is 31.4 Å². The standard InChI is InChI=1S/C14H19NO2S/c1-10-5-7-15(9-12(10)16)14(17)4-3-13-11(2)6-8-18-13/h3-4,6,8,10,12,16H,5,7,9H2,1-2H3/b4-3+. The number of aliphatic hydroxyl groups is 1. The number of nitrogens with zero attached hydrogens (tertiary/aromatic N) is 1. The number of β-amino-alcohol motifs (C(OH)–C–C–N with tert-alkyl or cyclic N) is 1. The van der Waals surface area contributed by atoms with Gasteiger partial charge in [-0.05, 0) is 42.3 Å². The van der Waals surface area contributed by atoms with Crippen LogP contribution in [0.4, 0.5) is 0 Å². The minimum Gasteiger partial charge on any atom is -0.391 e. The van der Waals surface area contributed by atoms with Gasteiger partial charge in [0.15, 0.2) is 0 Å². The fraction of sp³-hybridized carbons (Fsp3) is 0.500. The molecule has 3 nitrogen and oxygen atoms in total. The number of hydrogen-bond donors (Lipinski definition) is 1. The van der Waals surface area contributed by atoms with E-state index in [0.29, 0.717) is 6.54 Å². The first-order valence-corrected chi connectivity index (χ1v) is 7.15. The molecule has 1 amide bonds. The Labute approximate surface area is 112 Å². The number of carbonyl (C=O) groups excluding carboxylic acids is 1. The molecular formula is C14H19NO2S. The van der Waals surface area contributed by atoms with E-state index in [1.165, 1.54) is 5.56 Å². The molecule has 0 spiro atoms. The summed E-state index contributed by atoms with van der Waals surface area (Å²) in [6, 6.07) is 2.04. The molecule has 18 heavy (non-hydrogen) atoms. The van der Waals surface area contributed by atoms with E-state index >= 15 is 0 Å². The summed E-state index contributed by atoms with van der Waals surface area (Å²) in [6.45, 7) is 5.25. The van der Waals surface area contributed by atoms with Crippen LogP contribution in [0.5, 0.6) is 0 Å². The van der Waals surface area contributed by atoms with Gasteiger partial charge in [0, 0.05) is 24.0 Å². The summed E-state index contributed by atoms with van der Waals surface area (Å²) in [5.74, 6) is 0.284. The molecule has 1 aromatic heterocycles. The maximum Gasteiger partial charge on any atom is 0.246 e. The highest BCUT2D eigenvalue weighted by molar-refractivity contribution is 7.11. The van der Waals surface area contributed by atoms with E-state index in [2.05, 4.69) is 0 Å². The minimum absolute atomic E-state index is 0.00579. The van der Waals surface area contributed by atoms with Gasteiger partial charge in [-0.15, -0.1) is 11.3 Å². The van der Waals surface area contributed by atoms with Gasteiger partial charge in [0.25, 0.3) is 0 Å². The van der Waals surface area contributed by atoms with Crippen molar-refractivity contribution >= 4 is 23.3 Å². The first-order chi connectivity index (χ1) is 8.58. The maximum absolute atomic E-state index is 12.0. The van der Waals surface area contributed by atoms with Crippen molar-refractivity contribution in [2.75, 3.05) is 13.1 Å². The van der Waals surface area contributed by atoms with Crippen LogP contribution in [0.1, 0.15) is 23.8 Å². The average molecular weight is 265 g/mol. The van der Waals surface area contributed by atoms with Gasteiger partial charge in [0.1, 0.15) is 0 Å². The van der Waals surface area contributed by atoms with Crippen molar-refractivity contribution in [1.82, 2.24) is 4.90 Å². The van der Waals surface area contributed by atoms with Crippen LogP contribution in [-0.2, 0) is 4.79 Å². The van der Waals surface area contributed by atoms with Crippen LogP contribution in [0, 0.1) is 12.8 Å². The Morgan fingerprint density at radius 1 is 1.61 bits per heavy atom. The molecule has 0 aromatic carbocycles. The number of likely N-dealkylation sites (tertiary alicyclic amines) is 1. The van der Waals surface area contributed by atoms with Crippen LogP contribution in [0.25, 0.3) is 6.08 Å². The zero-order valence-corrected chi connectivity index (χ0v) is 11.6. The van der Waals surface area contributed by atoms with Gasteiger partial charge in [-0.2, -0.15) is 0 Å². The van der Waals surface area contributed by atoms with Crippen LogP contribution in [-0.4, -0.2) is 35.1 Å². The predicted molar refractivity (Wildman–Crippen MR) is 74.5 cm³/mol. The van der Waals surface area contributed by atoms with E-state index < -0.39 is 0 Å². The lowest BCUT2D eigenvalue weighted by atomic mass is 9.96. The number of thiophene rings is 1. The monoisotopic (exact) mass is 265 g/mol. The zero-order valence-electron chi connectivity index (χ0n) is 10.8. The lowest BCUT2D eigenvalue weighted by Crippen LogP contribution is -2.45. The summed E-state index contributed by atoms with van der Waals surface area (Å²) >= 11 is 1.63. The Hall–Kier alpha value is -1.13. The zero-order chi connectivity index (χ0) is 13.1. The van der Waals surface area contributed by atoms with Gasteiger partial charge in [-0.3, -0.25) is 4.79 Å². The predicted octanol–water partition coefficient (Wildman–Crippen LogP) is 2.30. The van der Waals surface area contributed by atoms with Crippen molar-refractivity contribution < 1.29 is 9.90 Å². The van der Waals surface area contributed by atoms with E-state index in [0.717, 1.165) is 17.8 Å². The summed E-state index contributed by atoms with van der Waals surface area (Å²) in [5, 5.41) is 11.8. The number of aliphatic hydroxyl groups excluding tert-OH is 1. The smallest absolute Gasteiger partial charge is 0.246 e. The topological polar surface area (TPSA) is 40.5 Å². The normalized spacial score (nSPS) is 24.7. The number of amides is 1. The molecule has 2 rings (SSSR count). The molecule has 1 aromatic rings. The lowest BCUT2D eigenvalue weighted by Gasteiger charge is -2.33. The first-order valence-electron chi connectivity index (χ1n) is 6.27. The highest BCUT2D eigenvalue weighted by atomic mass is 32.1. The van der Waals surface area contributed by atoms with Gasteiger partial charge in [-0.1, -0.05) is 6.92 Å². The Morgan fingerprint density at radius 2 is 2.39 bits per heavy atom. The molecule has 2 atom stereocenters. The van der Waals surface area contributed by atoms with E-state index in [1.54, 1.807) is 22.3 Å². The number of aryl methyl sites for hydroxylation is 1. The molecule has 1 saturated heterocycles. The van der Waals surface area contributed by atoms with Gasteiger partial charge in [0.2, 0.25) is 5.91 Å². The summed E-state index contributed by atoms with van der Waals surface area (Å²) in [7, 11) is 0. The fourth-order valence-corrected chi connectivity index (χ4v) is 2.88. The second-order valence-corrected chi connectivity index (χ2v) is 5.87. The largest absolute Gasteiger partial charge is 0.391 e. The molecule has 0 bridgehead atoms. The highest BCUT2D eigenvalue weighted by Gasteiger charge is 2.26. The fourth-order valence-electron chi connectivity index (χ4n) is 2.06. The van der Waals surface area contributed by atoms with E-state index in [4.69, 9.17) is 0 Å². The van der Waals surface area contributed by atoms with Crippen LogP contribution in [0.2, 0.25) is 0 Å². The highest BCUT2D eigenvalue weighted by Crippen LogP contribution is 2.19. The minimum atomic E-state index is -0.389. The third-order valence-corrected chi connectivity index (χ3v) is 4.49. The van der Waals surface area contributed by atoms with E-state index in [9.17, 15) is 9.90 Å². The van der Waals surface area contributed by atoms with Crippen LogP contribution < -0.4 is 0 Å². The molecule has 1 N–H and O–H groups in total. The molecule has 0 radical (unpaired) electrons. The van der Waals surface area contributed by atoms with Gasteiger partial charge < -0.3 is 10.0 Å². The molecule has 4 heteroatoms. The summed E-state index contributed by atoms with van der Waals surface area (Å²) in [5.41, 5.74) is 1.19. The summed E-state index contributed by atoms with van der Waals surface area (Å²) in [4.78, 5) is 14.8. The third kappa shape index (κ3) is 3.00. The van der Waals surface area contributed by atoms with Gasteiger partial charge in [-0.25, -0.2) is 0 Å². The number of piperidine rings is 1. The second-order valence-electron chi connectivity index (χ2n) is 4.92. The van der Waals surface area contributed by atoms with E-state index in [-0.39, 0.29) is 17.9 Å². The van der Waals surface area contributed by atoms with Crippen molar-refractivity contribution in [3.05, 3.63) is 28.0 Å². The Balaban J connectivity index is 1.96. The Morgan fingerprint density at radius 3 is 3.00 bits per heavy atom. The molecular weight excluding hydrogens is 246 g/mol. The molecule has 1 fully saturated rings. The second kappa shape index (κ2) is 5.67. The van der Waals surface area contributed by atoms with Crippen LogP contribution in [0.3, 0.4) is 0 Å². The summed E-state index contributed by atoms with van der Waals surface area (Å²) < 4.78 is 0. The quantitative estimate of drug-likeness (QED) is 0.834. The van der Waals surface area contributed by atoms with Crippen molar-refractivity contribution in [3.63, 3.8) is 0 Å². The molecule has 1 aliphatic rings. The number of carbonyl (C=O) groups is 1. The Bertz CT molecular complexity index is 452. The number of hydrogen-bond acceptors (Lipinski definition) is 3.